The van der Waals surface area contributed by atoms with Gasteiger partial charge in [-0.25, -0.2) is 0 Å². The van der Waals surface area contributed by atoms with Crippen LogP contribution in [0.2, 0.25) is 10.0 Å². The summed E-state index contributed by atoms with van der Waals surface area (Å²) in [4.78, 5) is 32.7. The summed E-state index contributed by atoms with van der Waals surface area (Å²) in [6.45, 7) is 6.35. The second-order valence-electron chi connectivity index (χ2n) is 10.5. The van der Waals surface area contributed by atoms with E-state index < -0.39 is 0 Å². The van der Waals surface area contributed by atoms with E-state index in [1.807, 2.05) is 47.4 Å². The Morgan fingerprint density at radius 3 is 2.46 bits per heavy atom. The van der Waals surface area contributed by atoms with Gasteiger partial charge in [-0.3, -0.25) is 14.5 Å². The highest BCUT2D eigenvalue weighted by Gasteiger charge is 2.24. The van der Waals surface area contributed by atoms with Gasteiger partial charge in [0.25, 0.3) is 0 Å². The molecule has 0 aromatic heterocycles. The first-order chi connectivity index (χ1) is 19.9. The number of hydrogen-bond acceptors (Lipinski definition) is 5. The summed E-state index contributed by atoms with van der Waals surface area (Å²) in [6, 6.07) is 19.5. The fraction of sp³-hybridized carbons (Fsp3) is 0.375. The number of carbonyl (C=O) groups is 2. The summed E-state index contributed by atoms with van der Waals surface area (Å²) in [5.74, 6) is 1.01. The zero-order valence-corrected chi connectivity index (χ0v) is 24.8. The molecule has 0 atom stereocenters. The first-order valence-electron chi connectivity index (χ1n) is 14.1. The van der Waals surface area contributed by atoms with E-state index in [1.165, 1.54) is 5.56 Å². The van der Waals surface area contributed by atoms with Crippen molar-refractivity contribution in [1.82, 2.24) is 9.80 Å². The molecule has 0 aliphatic carbocycles. The highest BCUT2D eigenvalue weighted by Crippen LogP contribution is 2.38. The van der Waals surface area contributed by atoms with E-state index in [9.17, 15) is 9.59 Å². The molecule has 0 saturated carbocycles. The Morgan fingerprint density at radius 2 is 1.66 bits per heavy atom. The van der Waals surface area contributed by atoms with Gasteiger partial charge in [0, 0.05) is 57.6 Å². The molecule has 41 heavy (non-hydrogen) atoms. The molecule has 3 aromatic carbocycles. The van der Waals surface area contributed by atoms with E-state index in [-0.39, 0.29) is 18.2 Å². The molecule has 7 nitrogen and oxygen atoms in total. The Labute approximate surface area is 251 Å². The molecule has 0 N–H and O–H groups in total. The van der Waals surface area contributed by atoms with Crippen LogP contribution in [0.3, 0.4) is 0 Å². The molecule has 0 spiro atoms. The lowest BCUT2D eigenvalue weighted by Gasteiger charge is -2.28. The van der Waals surface area contributed by atoms with Crippen molar-refractivity contribution in [1.29, 1.82) is 0 Å². The van der Waals surface area contributed by atoms with Crippen LogP contribution in [0.1, 0.15) is 36.5 Å². The third-order valence-electron chi connectivity index (χ3n) is 7.44. The molecule has 0 unspecified atom stereocenters. The third kappa shape index (κ3) is 7.53. The summed E-state index contributed by atoms with van der Waals surface area (Å²) < 4.78 is 11.6. The SMILES string of the molecule is CC(=O)N1CCCN(Cc2ccccc2)CCN(C(=O)Cc2cc(Cl)c3c(c2)OCCCO3)Cc2ccc(Cl)cc21. The van der Waals surface area contributed by atoms with Crippen LogP contribution in [0.5, 0.6) is 11.5 Å². The van der Waals surface area contributed by atoms with Crippen LogP contribution in [0, 0.1) is 0 Å². The lowest BCUT2D eigenvalue weighted by molar-refractivity contribution is -0.131. The number of rotatable bonds is 4. The minimum atomic E-state index is -0.0536. The number of nitrogens with zero attached hydrogens (tertiary/aromatic N) is 3. The highest BCUT2D eigenvalue weighted by atomic mass is 35.5. The maximum atomic E-state index is 13.9. The number of halogens is 2. The van der Waals surface area contributed by atoms with Crippen LogP contribution in [-0.4, -0.2) is 61.0 Å². The van der Waals surface area contributed by atoms with Crippen molar-refractivity contribution in [2.45, 2.75) is 39.3 Å². The average molecular weight is 597 g/mol. The predicted octanol–water partition coefficient (Wildman–Crippen LogP) is 5.98. The first-order valence-corrected chi connectivity index (χ1v) is 14.8. The smallest absolute Gasteiger partial charge is 0.227 e. The maximum Gasteiger partial charge on any atom is 0.227 e. The van der Waals surface area contributed by atoms with E-state index >= 15 is 0 Å². The van der Waals surface area contributed by atoms with Crippen molar-refractivity contribution in [3.8, 4) is 11.5 Å². The Bertz CT molecular complexity index is 1380. The molecular weight excluding hydrogens is 561 g/mol. The Hall–Kier alpha value is -3.26. The van der Waals surface area contributed by atoms with Crippen LogP contribution < -0.4 is 14.4 Å². The number of carbonyl (C=O) groups excluding carboxylic acids is 2. The molecule has 2 heterocycles. The topological polar surface area (TPSA) is 62.3 Å². The second-order valence-corrected chi connectivity index (χ2v) is 11.4. The standard InChI is InChI=1S/C32H35Cl2N3O4/c1-23(38)37-12-5-11-35(21-24-7-3-2-4-8-24)13-14-36(22-26-9-10-27(33)20-29(26)37)31(39)19-25-17-28(34)32-30(18-25)40-15-6-16-41-32/h2-4,7-10,17-18,20H,5-6,11-16,19,21-22H2,1H3. The van der Waals surface area contributed by atoms with E-state index in [4.69, 9.17) is 32.7 Å². The number of hydrogen-bond donors (Lipinski definition) is 0. The van der Waals surface area contributed by atoms with Gasteiger partial charge in [-0.1, -0.05) is 59.6 Å². The molecule has 9 heteroatoms. The monoisotopic (exact) mass is 595 g/mol. The van der Waals surface area contributed by atoms with Gasteiger partial charge in [0.15, 0.2) is 11.5 Å². The minimum Gasteiger partial charge on any atom is -0.489 e. The Morgan fingerprint density at radius 1 is 0.854 bits per heavy atom. The highest BCUT2D eigenvalue weighted by molar-refractivity contribution is 6.32. The average Bonchev–Trinajstić information content (AvgIpc) is 3.21. The van der Waals surface area contributed by atoms with Crippen molar-refractivity contribution >= 4 is 40.7 Å². The molecule has 3 aromatic rings. The van der Waals surface area contributed by atoms with Gasteiger partial charge < -0.3 is 19.3 Å². The molecule has 0 radical (unpaired) electrons. The predicted molar refractivity (Wildman–Crippen MR) is 162 cm³/mol. The lowest BCUT2D eigenvalue weighted by atomic mass is 10.1. The Balaban J connectivity index is 1.44. The van der Waals surface area contributed by atoms with Crippen molar-refractivity contribution in [3.05, 3.63) is 87.4 Å². The molecule has 5 rings (SSSR count). The molecule has 2 aliphatic heterocycles. The maximum absolute atomic E-state index is 13.9. The van der Waals surface area contributed by atoms with E-state index in [0.29, 0.717) is 60.9 Å². The van der Waals surface area contributed by atoms with Crippen LogP contribution in [0.4, 0.5) is 5.69 Å². The molecule has 0 saturated heterocycles. The van der Waals surface area contributed by atoms with Gasteiger partial charge >= 0.3 is 0 Å². The quantitative estimate of drug-likeness (QED) is 0.371. The largest absolute Gasteiger partial charge is 0.489 e. The number of amides is 2. The molecule has 0 fully saturated rings. The number of ether oxygens (including phenoxy) is 2. The summed E-state index contributed by atoms with van der Waals surface area (Å²) >= 11 is 12.9. The summed E-state index contributed by atoms with van der Waals surface area (Å²) in [6.07, 6.45) is 1.73. The van der Waals surface area contributed by atoms with E-state index in [1.54, 1.807) is 17.9 Å². The van der Waals surface area contributed by atoms with Gasteiger partial charge in [-0.05, 0) is 47.4 Å². The van der Waals surface area contributed by atoms with Crippen molar-refractivity contribution in [3.63, 3.8) is 0 Å². The fourth-order valence-corrected chi connectivity index (χ4v) is 5.82. The van der Waals surface area contributed by atoms with Crippen LogP contribution in [-0.2, 0) is 29.1 Å². The van der Waals surface area contributed by atoms with E-state index in [2.05, 4.69) is 17.0 Å². The van der Waals surface area contributed by atoms with Crippen molar-refractivity contribution in [2.24, 2.45) is 0 Å². The number of benzene rings is 3. The summed E-state index contributed by atoms with van der Waals surface area (Å²) in [5.41, 5.74) is 3.60. The van der Waals surface area contributed by atoms with Gasteiger partial charge in [0.05, 0.1) is 30.3 Å². The number of anilines is 1. The second kappa shape index (κ2) is 13.6. The number of fused-ring (bicyclic) bond motifs is 2. The van der Waals surface area contributed by atoms with Crippen molar-refractivity contribution < 1.29 is 19.1 Å². The van der Waals surface area contributed by atoms with Crippen LogP contribution >= 0.6 is 23.2 Å². The lowest BCUT2D eigenvalue weighted by Crippen LogP contribution is -2.39. The van der Waals surface area contributed by atoms with Gasteiger partial charge in [-0.2, -0.15) is 0 Å². The minimum absolute atomic E-state index is 0.0373. The third-order valence-corrected chi connectivity index (χ3v) is 7.96. The zero-order chi connectivity index (χ0) is 28.8. The van der Waals surface area contributed by atoms with Crippen molar-refractivity contribution in [2.75, 3.05) is 44.3 Å². The molecule has 216 valence electrons. The summed E-state index contributed by atoms with van der Waals surface area (Å²) in [5, 5.41) is 0.992. The van der Waals surface area contributed by atoms with Crippen LogP contribution in [0.15, 0.2) is 60.7 Å². The van der Waals surface area contributed by atoms with Gasteiger partial charge in [0.2, 0.25) is 11.8 Å². The first kappa shape index (κ1) is 29.2. The zero-order valence-electron chi connectivity index (χ0n) is 23.3. The molecule has 0 bridgehead atoms. The fourth-order valence-electron chi connectivity index (χ4n) is 5.37. The normalized spacial score (nSPS) is 16.4. The molecule has 2 amide bonds. The molecule has 2 aliphatic rings. The summed E-state index contributed by atoms with van der Waals surface area (Å²) in [7, 11) is 0. The Kier molecular flexibility index (Phi) is 9.70. The van der Waals surface area contributed by atoms with Crippen LogP contribution in [0.25, 0.3) is 0 Å². The van der Waals surface area contributed by atoms with E-state index in [0.717, 1.165) is 42.7 Å². The molecular formula is C32H35Cl2N3O4. The van der Waals surface area contributed by atoms with Gasteiger partial charge in [-0.15, -0.1) is 0 Å². The van der Waals surface area contributed by atoms with Gasteiger partial charge in [0.1, 0.15) is 0 Å².